The zero-order valence-corrected chi connectivity index (χ0v) is 15.4. The molecule has 1 fully saturated rings. The van der Waals surface area contributed by atoms with Crippen LogP contribution in [0.25, 0.3) is 0 Å². The molecular formula is C18H20FN5O4. The average molecular weight is 389 g/mol. The number of halogens is 1. The summed E-state index contributed by atoms with van der Waals surface area (Å²) in [5.74, 6) is -1.76. The fraction of sp³-hybridized carbons (Fsp3) is 0.333. The van der Waals surface area contributed by atoms with Crippen LogP contribution in [0.5, 0.6) is 5.75 Å². The van der Waals surface area contributed by atoms with E-state index in [2.05, 4.69) is 15.6 Å². The Balaban J connectivity index is 1.85. The van der Waals surface area contributed by atoms with Crippen molar-refractivity contribution >= 4 is 11.8 Å². The molecule has 9 nitrogen and oxygen atoms in total. The van der Waals surface area contributed by atoms with E-state index in [1.54, 1.807) is 7.05 Å². The molecule has 1 unspecified atom stereocenters. The third-order valence-corrected chi connectivity index (χ3v) is 4.58. The van der Waals surface area contributed by atoms with Crippen LogP contribution in [0.2, 0.25) is 0 Å². The number of amides is 2. The predicted octanol–water partition coefficient (Wildman–Crippen LogP) is -0.342. The number of piperazine rings is 1. The molecule has 0 bridgehead atoms. The lowest BCUT2D eigenvalue weighted by atomic mass is 10.2. The molecule has 0 spiro atoms. The SMILES string of the molecule is CN1CC(c2nc(C(=O)NCc3ccc(F)cc3)c(O)c(=O)n2C)NCC1=O. The maximum atomic E-state index is 13.0. The summed E-state index contributed by atoms with van der Waals surface area (Å²) in [6.07, 6.45) is 0. The van der Waals surface area contributed by atoms with Crippen LogP contribution in [-0.2, 0) is 18.4 Å². The van der Waals surface area contributed by atoms with Crippen LogP contribution < -0.4 is 16.2 Å². The molecule has 28 heavy (non-hydrogen) atoms. The highest BCUT2D eigenvalue weighted by Gasteiger charge is 2.29. The first-order valence-electron chi connectivity index (χ1n) is 8.57. The lowest BCUT2D eigenvalue weighted by molar-refractivity contribution is -0.131. The van der Waals surface area contributed by atoms with Gasteiger partial charge in [-0.3, -0.25) is 24.3 Å². The summed E-state index contributed by atoms with van der Waals surface area (Å²) in [6, 6.07) is 5.08. The van der Waals surface area contributed by atoms with Gasteiger partial charge >= 0.3 is 0 Å². The molecule has 0 aliphatic carbocycles. The van der Waals surface area contributed by atoms with Crippen LogP contribution in [-0.4, -0.2) is 51.5 Å². The van der Waals surface area contributed by atoms with E-state index in [9.17, 15) is 23.9 Å². The summed E-state index contributed by atoms with van der Waals surface area (Å²) in [4.78, 5) is 42.2. The van der Waals surface area contributed by atoms with Crippen molar-refractivity contribution in [3.63, 3.8) is 0 Å². The zero-order chi connectivity index (χ0) is 20.4. The number of benzene rings is 1. The number of nitrogens with zero attached hydrogens (tertiary/aromatic N) is 3. The van der Waals surface area contributed by atoms with Crippen molar-refractivity contribution in [3.8, 4) is 5.75 Å². The molecule has 1 saturated heterocycles. The minimum absolute atomic E-state index is 0.0731. The minimum Gasteiger partial charge on any atom is -0.501 e. The first-order chi connectivity index (χ1) is 13.3. The summed E-state index contributed by atoms with van der Waals surface area (Å²) in [5, 5.41) is 15.6. The molecule has 1 aromatic carbocycles. The summed E-state index contributed by atoms with van der Waals surface area (Å²) >= 11 is 0. The Labute approximate surface area is 159 Å². The third-order valence-electron chi connectivity index (χ3n) is 4.58. The summed E-state index contributed by atoms with van der Waals surface area (Å²) in [5.41, 5.74) is -0.521. The summed E-state index contributed by atoms with van der Waals surface area (Å²) in [6.45, 7) is 0.411. The van der Waals surface area contributed by atoms with Gasteiger partial charge in [0.15, 0.2) is 5.69 Å². The molecule has 2 amide bonds. The van der Waals surface area contributed by atoms with Crippen LogP contribution in [0, 0.1) is 5.82 Å². The lowest BCUT2D eigenvalue weighted by Gasteiger charge is -2.31. The molecule has 1 aromatic heterocycles. The number of aromatic hydroxyl groups is 1. The van der Waals surface area contributed by atoms with Gasteiger partial charge in [-0.1, -0.05) is 12.1 Å². The quantitative estimate of drug-likeness (QED) is 0.659. The van der Waals surface area contributed by atoms with E-state index >= 15 is 0 Å². The Hall–Kier alpha value is -3.27. The number of carbonyl (C=O) groups is 2. The van der Waals surface area contributed by atoms with E-state index in [4.69, 9.17) is 0 Å². The van der Waals surface area contributed by atoms with E-state index in [1.807, 2.05) is 0 Å². The Bertz CT molecular complexity index is 973. The van der Waals surface area contributed by atoms with Gasteiger partial charge in [-0.05, 0) is 17.7 Å². The van der Waals surface area contributed by atoms with Crippen molar-refractivity contribution in [1.82, 2.24) is 25.1 Å². The standard InChI is InChI=1S/C18H20FN5O4/c1-23-9-12(20-8-13(23)25)16-22-14(15(26)18(28)24(16)2)17(27)21-7-10-3-5-11(19)6-4-10/h3-6,12,20,26H,7-9H2,1-2H3,(H,21,27). The van der Waals surface area contributed by atoms with Gasteiger partial charge < -0.3 is 15.3 Å². The molecule has 10 heteroatoms. The van der Waals surface area contributed by atoms with Crippen molar-refractivity contribution in [3.05, 3.63) is 57.5 Å². The molecule has 148 valence electrons. The second-order valence-electron chi connectivity index (χ2n) is 6.55. The van der Waals surface area contributed by atoms with Crippen LogP contribution in [0.15, 0.2) is 29.1 Å². The molecular weight excluding hydrogens is 369 g/mol. The molecule has 1 aliphatic heterocycles. The predicted molar refractivity (Wildman–Crippen MR) is 97.1 cm³/mol. The molecule has 0 radical (unpaired) electrons. The topological polar surface area (TPSA) is 117 Å². The lowest BCUT2D eigenvalue weighted by Crippen LogP contribution is -2.49. The van der Waals surface area contributed by atoms with Crippen molar-refractivity contribution in [2.75, 3.05) is 20.1 Å². The molecule has 1 atom stereocenters. The maximum Gasteiger partial charge on any atom is 0.296 e. The van der Waals surface area contributed by atoms with Gasteiger partial charge in [-0.2, -0.15) is 0 Å². The Morgan fingerprint density at radius 2 is 2.00 bits per heavy atom. The second kappa shape index (κ2) is 7.77. The van der Waals surface area contributed by atoms with E-state index in [-0.39, 0.29) is 31.4 Å². The number of hydrogen-bond donors (Lipinski definition) is 3. The second-order valence-corrected chi connectivity index (χ2v) is 6.55. The highest BCUT2D eigenvalue weighted by atomic mass is 19.1. The largest absolute Gasteiger partial charge is 0.501 e. The molecule has 3 N–H and O–H groups in total. The van der Waals surface area contributed by atoms with Crippen molar-refractivity contribution in [2.45, 2.75) is 12.6 Å². The van der Waals surface area contributed by atoms with Crippen molar-refractivity contribution in [1.29, 1.82) is 0 Å². The number of nitrogens with one attached hydrogen (secondary N) is 2. The van der Waals surface area contributed by atoms with Crippen molar-refractivity contribution < 1.29 is 19.1 Å². The van der Waals surface area contributed by atoms with Gasteiger partial charge in [0, 0.05) is 27.2 Å². The molecule has 3 rings (SSSR count). The van der Waals surface area contributed by atoms with Gasteiger partial charge in [-0.15, -0.1) is 0 Å². The molecule has 2 aromatic rings. The van der Waals surface area contributed by atoms with E-state index in [0.29, 0.717) is 5.56 Å². The van der Waals surface area contributed by atoms with Gasteiger partial charge in [0.25, 0.3) is 11.5 Å². The smallest absolute Gasteiger partial charge is 0.296 e. The molecule has 2 heterocycles. The Morgan fingerprint density at radius 1 is 1.32 bits per heavy atom. The maximum absolute atomic E-state index is 13.0. The van der Waals surface area contributed by atoms with Crippen LogP contribution in [0.4, 0.5) is 4.39 Å². The van der Waals surface area contributed by atoms with E-state index in [1.165, 1.54) is 36.2 Å². The number of aromatic nitrogens is 2. The van der Waals surface area contributed by atoms with Gasteiger partial charge in [0.2, 0.25) is 11.7 Å². The third kappa shape index (κ3) is 3.86. The first-order valence-corrected chi connectivity index (χ1v) is 8.57. The number of rotatable bonds is 4. The van der Waals surface area contributed by atoms with Gasteiger partial charge in [0.1, 0.15) is 11.6 Å². The first kappa shape index (κ1) is 19.5. The Morgan fingerprint density at radius 3 is 2.64 bits per heavy atom. The van der Waals surface area contributed by atoms with Crippen LogP contribution in [0.3, 0.4) is 0 Å². The van der Waals surface area contributed by atoms with Crippen LogP contribution >= 0.6 is 0 Å². The molecule has 0 saturated carbocycles. The van der Waals surface area contributed by atoms with E-state index in [0.717, 1.165) is 4.57 Å². The number of carbonyl (C=O) groups excluding carboxylic acids is 2. The number of likely N-dealkylation sites (N-methyl/N-ethyl adjacent to an activating group) is 1. The highest BCUT2D eigenvalue weighted by molar-refractivity contribution is 5.94. The Kier molecular flexibility index (Phi) is 5.41. The van der Waals surface area contributed by atoms with Gasteiger partial charge in [-0.25, -0.2) is 9.37 Å². The normalized spacial score (nSPS) is 16.9. The van der Waals surface area contributed by atoms with Crippen LogP contribution in [0.1, 0.15) is 27.9 Å². The van der Waals surface area contributed by atoms with E-state index < -0.39 is 34.8 Å². The van der Waals surface area contributed by atoms with Crippen molar-refractivity contribution in [2.24, 2.45) is 7.05 Å². The van der Waals surface area contributed by atoms with Gasteiger partial charge in [0.05, 0.1) is 12.6 Å². The summed E-state index contributed by atoms with van der Waals surface area (Å²) < 4.78 is 14.1. The summed E-state index contributed by atoms with van der Waals surface area (Å²) in [7, 11) is 3.06. The fourth-order valence-electron chi connectivity index (χ4n) is 2.90. The zero-order valence-electron chi connectivity index (χ0n) is 15.4. The minimum atomic E-state index is -0.765. The highest BCUT2D eigenvalue weighted by Crippen LogP contribution is 2.17. The fourth-order valence-corrected chi connectivity index (χ4v) is 2.90. The monoisotopic (exact) mass is 389 g/mol. The number of hydrogen-bond acceptors (Lipinski definition) is 6. The molecule has 1 aliphatic rings. The average Bonchev–Trinajstić information content (AvgIpc) is 2.68.